The first-order chi connectivity index (χ1) is 11.5. The van der Waals surface area contributed by atoms with Crippen molar-refractivity contribution in [2.24, 2.45) is 0 Å². The lowest BCUT2D eigenvalue weighted by Crippen LogP contribution is -2.71. The van der Waals surface area contributed by atoms with Gasteiger partial charge in [0.2, 0.25) is 0 Å². The van der Waals surface area contributed by atoms with Crippen LogP contribution in [0.15, 0.2) is 12.1 Å². The number of aliphatic hydroxyl groups is 1. The average molecular weight is 329 g/mol. The minimum Gasteiger partial charge on any atom is -0.493 e. The molecular weight excluding hydrogens is 306 g/mol. The topological polar surface area (TPSA) is 59.0 Å². The largest absolute Gasteiger partial charge is 0.493 e. The van der Waals surface area contributed by atoms with Crippen LogP contribution in [0, 0.1) is 0 Å². The molecule has 5 nitrogen and oxygen atoms in total. The van der Waals surface area contributed by atoms with E-state index in [9.17, 15) is 9.90 Å². The number of carbonyl (C=O) groups is 1. The first-order valence-electron chi connectivity index (χ1n) is 8.85. The summed E-state index contributed by atoms with van der Waals surface area (Å²) in [5, 5.41) is 11.9. The van der Waals surface area contributed by atoms with E-state index in [0.717, 1.165) is 31.4 Å². The van der Waals surface area contributed by atoms with Gasteiger partial charge in [0, 0.05) is 18.0 Å². The zero-order valence-electron chi connectivity index (χ0n) is 14.2. The predicted octanol–water partition coefficient (Wildman–Crippen LogP) is 1.44. The molecule has 0 unspecified atom stereocenters. The predicted molar refractivity (Wildman–Crippen MR) is 87.6 cm³/mol. The Balaban J connectivity index is 1.86. The third-order valence-electron chi connectivity index (χ3n) is 6.95. The number of ketones is 1. The van der Waals surface area contributed by atoms with Gasteiger partial charge in [-0.15, -0.1) is 0 Å². The number of ether oxygens (including phenoxy) is 2. The molecule has 1 spiro atoms. The van der Waals surface area contributed by atoms with E-state index in [1.807, 2.05) is 6.07 Å². The lowest BCUT2D eigenvalue weighted by atomic mass is 9.51. The van der Waals surface area contributed by atoms with Gasteiger partial charge in [0.05, 0.1) is 18.1 Å². The fourth-order valence-corrected chi connectivity index (χ4v) is 5.94. The van der Waals surface area contributed by atoms with Crippen molar-refractivity contribution in [3.63, 3.8) is 0 Å². The van der Waals surface area contributed by atoms with Crippen LogP contribution in [0.2, 0.25) is 0 Å². The van der Waals surface area contributed by atoms with Crippen LogP contribution in [0.25, 0.3) is 0 Å². The van der Waals surface area contributed by atoms with E-state index in [4.69, 9.17) is 9.47 Å². The number of hydrogen-bond acceptors (Lipinski definition) is 5. The molecule has 5 rings (SSSR count). The molecule has 2 aliphatic heterocycles. The molecule has 4 aliphatic rings. The highest BCUT2D eigenvalue weighted by atomic mass is 16.5. The minimum absolute atomic E-state index is 0.0334. The summed E-state index contributed by atoms with van der Waals surface area (Å²) in [6.07, 6.45) is 2.88. The number of nitrogens with zero attached hydrogens (tertiary/aromatic N) is 1. The molecule has 0 radical (unpaired) electrons. The van der Waals surface area contributed by atoms with Gasteiger partial charge in [-0.05, 0) is 50.9 Å². The van der Waals surface area contributed by atoms with Crippen molar-refractivity contribution in [3.8, 4) is 11.5 Å². The molecule has 1 N–H and O–H groups in total. The Labute approximate surface area is 141 Å². The van der Waals surface area contributed by atoms with Gasteiger partial charge in [-0.3, -0.25) is 4.79 Å². The molecule has 5 heteroatoms. The van der Waals surface area contributed by atoms with Crippen LogP contribution in [0.5, 0.6) is 11.5 Å². The van der Waals surface area contributed by atoms with Crippen molar-refractivity contribution in [1.82, 2.24) is 4.90 Å². The maximum absolute atomic E-state index is 12.8. The monoisotopic (exact) mass is 329 g/mol. The van der Waals surface area contributed by atoms with Crippen LogP contribution in [-0.4, -0.2) is 54.2 Å². The number of rotatable bonds is 1. The highest BCUT2D eigenvalue weighted by Gasteiger charge is 2.71. The van der Waals surface area contributed by atoms with Crippen molar-refractivity contribution >= 4 is 5.78 Å². The van der Waals surface area contributed by atoms with Crippen LogP contribution in [-0.2, 0) is 16.6 Å². The van der Waals surface area contributed by atoms with E-state index in [-0.39, 0.29) is 11.8 Å². The van der Waals surface area contributed by atoms with Gasteiger partial charge in [-0.1, -0.05) is 6.07 Å². The van der Waals surface area contributed by atoms with E-state index >= 15 is 0 Å². The Morgan fingerprint density at radius 3 is 3.00 bits per heavy atom. The molecule has 2 bridgehead atoms. The number of likely N-dealkylation sites (tertiary alicyclic amines) is 1. The van der Waals surface area contributed by atoms with E-state index < -0.39 is 17.1 Å². The molecule has 128 valence electrons. The number of carbonyl (C=O) groups excluding carboxylic acids is 1. The standard InChI is InChI=1S/C19H23NO4/c1-20-9-3-7-18-15-11-4-5-13(23-2)16(15)24-17(18)12(21)6-8-19(18,22)14(20)10-11/h4-5,14,17,22H,3,6-10H2,1-2H3/t14-,17+,18+,19-/m1/s1. The third kappa shape index (κ3) is 1.43. The fourth-order valence-electron chi connectivity index (χ4n) is 5.94. The van der Waals surface area contributed by atoms with Crippen molar-refractivity contribution in [1.29, 1.82) is 0 Å². The second kappa shape index (κ2) is 4.52. The number of benzene rings is 1. The van der Waals surface area contributed by atoms with Gasteiger partial charge in [-0.2, -0.15) is 0 Å². The van der Waals surface area contributed by atoms with Crippen molar-refractivity contribution in [2.45, 2.75) is 55.3 Å². The third-order valence-corrected chi connectivity index (χ3v) is 6.95. The normalized spacial score (nSPS) is 39.9. The van der Waals surface area contributed by atoms with Gasteiger partial charge in [0.25, 0.3) is 0 Å². The van der Waals surface area contributed by atoms with Crippen molar-refractivity contribution in [2.75, 3.05) is 20.7 Å². The van der Waals surface area contributed by atoms with Crippen molar-refractivity contribution < 1.29 is 19.4 Å². The molecule has 1 aromatic carbocycles. The van der Waals surface area contributed by atoms with Gasteiger partial charge < -0.3 is 19.5 Å². The average Bonchev–Trinajstić information content (AvgIpc) is 2.91. The Morgan fingerprint density at radius 1 is 1.38 bits per heavy atom. The first kappa shape index (κ1) is 14.7. The summed E-state index contributed by atoms with van der Waals surface area (Å²) in [6.45, 7) is 0.941. The Kier molecular flexibility index (Phi) is 2.78. The lowest BCUT2D eigenvalue weighted by molar-refractivity contribution is -0.164. The molecule has 2 fully saturated rings. The van der Waals surface area contributed by atoms with Crippen LogP contribution < -0.4 is 9.47 Å². The zero-order valence-corrected chi connectivity index (χ0v) is 14.2. The maximum Gasteiger partial charge on any atom is 0.174 e. The van der Waals surface area contributed by atoms with E-state index in [0.29, 0.717) is 24.3 Å². The molecule has 1 saturated heterocycles. The van der Waals surface area contributed by atoms with E-state index in [1.165, 1.54) is 5.56 Å². The summed E-state index contributed by atoms with van der Waals surface area (Å²) in [5.74, 6) is 1.48. The van der Waals surface area contributed by atoms with Crippen molar-refractivity contribution in [3.05, 3.63) is 23.3 Å². The highest BCUT2D eigenvalue weighted by molar-refractivity contribution is 5.90. The number of hydrogen-bond donors (Lipinski definition) is 1. The molecule has 1 aromatic rings. The summed E-state index contributed by atoms with van der Waals surface area (Å²) < 4.78 is 11.7. The number of Topliss-reactive ketones (excluding diaryl/α,β-unsaturated/α-hetero) is 1. The second-order valence-electron chi connectivity index (χ2n) is 7.79. The summed E-state index contributed by atoms with van der Waals surface area (Å²) in [7, 11) is 3.72. The molecule has 0 aromatic heterocycles. The number of methoxy groups -OCH3 is 1. The summed E-state index contributed by atoms with van der Waals surface area (Å²) in [6, 6.07) is 4.06. The van der Waals surface area contributed by atoms with Gasteiger partial charge in [0.15, 0.2) is 23.4 Å². The first-order valence-corrected chi connectivity index (χ1v) is 8.85. The van der Waals surface area contributed by atoms with Gasteiger partial charge in [0.1, 0.15) is 0 Å². The van der Waals surface area contributed by atoms with Crippen LogP contribution in [0.1, 0.15) is 36.8 Å². The SMILES string of the molecule is COc1ccc2c3c1O[C@H]1C(=O)CC[C@@]4(O)[C@@H](C2)N(C)CCC[C@]314. The Hall–Kier alpha value is -1.59. The number of likely N-dealkylation sites (N-methyl/N-ethyl adjacent to an activating group) is 1. The lowest BCUT2D eigenvalue weighted by Gasteiger charge is -2.56. The van der Waals surface area contributed by atoms with E-state index in [1.54, 1.807) is 7.11 Å². The molecule has 2 heterocycles. The molecule has 1 saturated carbocycles. The Bertz CT molecular complexity index is 747. The summed E-state index contributed by atoms with van der Waals surface area (Å²) in [4.78, 5) is 15.0. The van der Waals surface area contributed by atoms with Gasteiger partial charge >= 0.3 is 0 Å². The molecular formula is C19H23NO4. The summed E-state index contributed by atoms with van der Waals surface area (Å²) in [5.41, 5.74) is 0.719. The zero-order chi connectivity index (χ0) is 16.7. The quantitative estimate of drug-likeness (QED) is 0.845. The Morgan fingerprint density at radius 2 is 2.21 bits per heavy atom. The smallest absolute Gasteiger partial charge is 0.174 e. The fraction of sp³-hybridized carbons (Fsp3) is 0.632. The highest BCUT2D eigenvalue weighted by Crippen LogP contribution is 2.64. The van der Waals surface area contributed by atoms with Crippen LogP contribution in [0.3, 0.4) is 0 Å². The minimum atomic E-state index is -0.915. The van der Waals surface area contributed by atoms with E-state index in [2.05, 4.69) is 18.0 Å². The maximum atomic E-state index is 12.8. The van der Waals surface area contributed by atoms with Crippen LogP contribution in [0.4, 0.5) is 0 Å². The second-order valence-corrected chi connectivity index (χ2v) is 7.79. The van der Waals surface area contributed by atoms with Gasteiger partial charge in [-0.25, -0.2) is 0 Å². The molecule has 24 heavy (non-hydrogen) atoms. The van der Waals surface area contributed by atoms with Crippen LogP contribution >= 0.6 is 0 Å². The molecule has 4 atom stereocenters. The summed E-state index contributed by atoms with van der Waals surface area (Å²) >= 11 is 0. The molecule has 0 amide bonds. The molecule has 2 aliphatic carbocycles.